The van der Waals surface area contributed by atoms with Gasteiger partial charge in [-0.15, -0.1) is 0 Å². The van der Waals surface area contributed by atoms with E-state index in [1.54, 1.807) is 42.5 Å². The van der Waals surface area contributed by atoms with Crippen molar-refractivity contribution >= 4 is 44.8 Å². The molecule has 3 aromatic rings. The lowest BCUT2D eigenvalue weighted by atomic mass is 10.2. The van der Waals surface area contributed by atoms with Crippen LogP contribution < -0.4 is 14.3 Å². The van der Waals surface area contributed by atoms with E-state index >= 15 is 0 Å². The summed E-state index contributed by atoms with van der Waals surface area (Å²) in [6, 6.07) is 18.1. The average Bonchev–Trinajstić information content (AvgIpc) is 2.74. The van der Waals surface area contributed by atoms with E-state index in [0.29, 0.717) is 11.1 Å². The third-order valence-corrected chi connectivity index (χ3v) is 6.08. The molecular formula is C22H19IN2O5S. The summed E-state index contributed by atoms with van der Waals surface area (Å²) < 4.78 is 36.5. The van der Waals surface area contributed by atoms with E-state index in [4.69, 9.17) is 8.92 Å². The maximum atomic E-state index is 12.5. The van der Waals surface area contributed by atoms with Crippen molar-refractivity contribution in [2.24, 2.45) is 5.10 Å². The summed E-state index contributed by atoms with van der Waals surface area (Å²) in [4.78, 5) is 12.2. The highest BCUT2D eigenvalue weighted by Gasteiger charge is 2.19. The molecule has 0 radical (unpaired) electrons. The number of halogens is 1. The number of nitrogens with zero attached hydrogens (tertiary/aromatic N) is 1. The summed E-state index contributed by atoms with van der Waals surface area (Å²) in [7, 11) is -2.61. The zero-order chi connectivity index (χ0) is 22.4. The van der Waals surface area contributed by atoms with Crippen LogP contribution in [0, 0.1) is 10.5 Å². The Morgan fingerprint density at radius 1 is 1.03 bits per heavy atom. The minimum Gasteiger partial charge on any atom is -0.493 e. The van der Waals surface area contributed by atoms with Crippen molar-refractivity contribution in [3.8, 4) is 11.5 Å². The largest absolute Gasteiger partial charge is 0.493 e. The Kier molecular flexibility index (Phi) is 7.29. The molecule has 0 unspecified atom stereocenters. The first kappa shape index (κ1) is 22.8. The van der Waals surface area contributed by atoms with Gasteiger partial charge in [0.05, 0.1) is 13.3 Å². The predicted octanol–water partition coefficient (Wildman–Crippen LogP) is 4.14. The fraction of sp³-hybridized carbons (Fsp3) is 0.0909. The van der Waals surface area contributed by atoms with Crippen LogP contribution in [-0.4, -0.2) is 27.6 Å². The minimum atomic E-state index is -4.01. The van der Waals surface area contributed by atoms with Crippen LogP contribution in [0.5, 0.6) is 11.5 Å². The zero-order valence-electron chi connectivity index (χ0n) is 16.7. The van der Waals surface area contributed by atoms with Gasteiger partial charge in [0.1, 0.15) is 4.90 Å². The lowest BCUT2D eigenvalue weighted by Gasteiger charge is -2.11. The Morgan fingerprint density at radius 3 is 2.45 bits per heavy atom. The number of amides is 1. The molecule has 0 aromatic heterocycles. The lowest BCUT2D eigenvalue weighted by Crippen LogP contribution is -2.17. The van der Waals surface area contributed by atoms with Gasteiger partial charge in [-0.3, -0.25) is 4.79 Å². The van der Waals surface area contributed by atoms with E-state index in [-0.39, 0.29) is 22.3 Å². The standard InChI is InChI=1S/C22H19IN2O5S/c1-15-6-9-19(10-7-15)31(27,28)30-20-11-8-16(12-21(20)29-2)14-24-25-22(26)17-4-3-5-18(23)13-17/h3-14H,1-2H3,(H,25,26)/b24-14-. The van der Waals surface area contributed by atoms with Crippen molar-refractivity contribution < 1.29 is 22.1 Å². The fourth-order valence-electron chi connectivity index (χ4n) is 2.56. The Hall–Kier alpha value is -2.92. The van der Waals surface area contributed by atoms with Crippen LogP contribution in [0.15, 0.2) is 76.7 Å². The molecule has 1 amide bonds. The quantitative estimate of drug-likeness (QED) is 0.207. The van der Waals surface area contributed by atoms with Crippen molar-refractivity contribution in [1.29, 1.82) is 0 Å². The molecule has 0 atom stereocenters. The van der Waals surface area contributed by atoms with E-state index in [2.05, 4.69) is 33.1 Å². The molecule has 0 fully saturated rings. The molecule has 0 saturated carbocycles. The molecule has 0 heterocycles. The van der Waals surface area contributed by atoms with Gasteiger partial charge in [0, 0.05) is 9.13 Å². The first-order valence-corrected chi connectivity index (χ1v) is 11.6. The highest BCUT2D eigenvalue weighted by atomic mass is 127. The number of nitrogens with one attached hydrogen (secondary N) is 1. The Labute approximate surface area is 194 Å². The second-order valence-corrected chi connectivity index (χ2v) is 9.26. The molecule has 3 aromatic carbocycles. The van der Waals surface area contributed by atoms with Crippen LogP contribution in [0.3, 0.4) is 0 Å². The van der Waals surface area contributed by atoms with Crippen molar-refractivity contribution in [3.63, 3.8) is 0 Å². The summed E-state index contributed by atoms with van der Waals surface area (Å²) in [6.07, 6.45) is 1.42. The monoisotopic (exact) mass is 550 g/mol. The summed E-state index contributed by atoms with van der Waals surface area (Å²) in [5.41, 5.74) is 4.46. The fourth-order valence-corrected chi connectivity index (χ4v) is 4.05. The number of hydrazone groups is 1. The Balaban J connectivity index is 1.73. The van der Waals surface area contributed by atoms with Crippen molar-refractivity contribution in [2.45, 2.75) is 11.8 Å². The number of ether oxygens (including phenoxy) is 1. The van der Waals surface area contributed by atoms with Crippen LogP contribution in [0.2, 0.25) is 0 Å². The van der Waals surface area contributed by atoms with Crippen LogP contribution >= 0.6 is 22.6 Å². The highest BCUT2D eigenvalue weighted by molar-refractivity contribution is 14.1. The molecule has 160 valence electrons. The number of carbonyl (C=O) groups excluding carboxylic acids is 1. The summed E-state index contributed by atoms with van der Waals surface area (Å²) in [5.74, 6) is -0.0856. The van der Waals surface area contributed by atoms with Gasteiger partial charge in [-0.1, -0.05) is 23.8 Å². The topological polar surface area (TPSA) is 94.1 Å². The van der Waals surface area contributed by atoms with Crippen LogP contribution in [0.1, 0.15) is 21.5 Å². The Bertz CT molecular complexity index is 1220. The molecule has 0 aliphatic heterocycles. The number of hydrogen-bond donors (Lipinski definition) is 1. The van der Waals surface area contributed by atoms with E-state index in [9.17, 15) is 13.2 Å². The van der Waals surface area contributed by atoms with E-state index in [1.165, 1.54) is 31.5 Å². The number of rotatable bonds is 7. The van der Waals surface area contributed by atoms with E-state index in [1.807, 2.05) is 13.0 Å². The molecular weight excluding hydrogens is 531 g/mol. The van der Waals surface area contributed by atoms with Crippen LogP contribution in [0.4, 0.5) is 0 Å². The number of hydrogen-bond acceptors (Lipinski definition) is 6. The minimum absolute atomic E-state index is 0.0446. The third-order valence-electron chi connectivity index (χ3n) is 4.16. The number of benzene rings is 3. The van der Waals surface area contributed by atoms with Gasteiger partial charge in [0.15, 0.2) is 11.5 Å². The number of aryl methyl sites for hydroxylation is 1. The van der Waals surface area contributed by atoms with Crippen molar-refractivity contribution in [2.75, 3.05) is 7.11 Å². The maximum absolute atomic E-state index is 12.5. The van der Waals surface area contributed by atoms with Crippen molar-refractivity contribution in [3.05, 3.63) is 87.0 Å². The van der Waals surface area contributed by atoms with Gasteiger partial charge < -0.3 is 8.92 Å². The van der Waals surface area contributed by atoms with E-state index < -0.39 is 10.1 Å². The molecule has 31 heavy (non-hydrogen) atoms. The predicted molar refractivity (Wildman–Crippen MR) is 126 cm³/mol. The zero-order valence-corrected chi connectivity index (χ0v) is 19.7. The van der Waals surface area contributed by atoms with Gasteiger partial charge >= 0.3 is 10.1 Å². The summed E-state index contributed by atoms with van der Waals surface area (Å²) >= 11 is 2.12. The summed E-state index contributed by atoms with van der Waals surface area (Å²) in [6.45, 7) is 1.86. The molecule has 1 N–H and O–H groups in total. The molecule has 0 saturated heterocycles. The highest BCUT2D eigenvalue weighted by Crippen LogP contribution is 2.30. The summed E-state index contributed by atoms with van der Waals surface area (Å²) in [5, 5.41) is 3.94. The normalized spacial score (nSPS) is 11.3. The van der Waals surface area contributed by atoms with Gasteiger partial charge in [-0.2, -0.15) is 13.5 Å². The first-order chi connectivity index (χ1) is 14.8. The van der Waals surface area contributed by atoms with Gasteiger partial charge in [-0.05, 0) is 83.6 Å². The van der Waals surface area contributed by atoms with E-state index in [0.717, 1.165) is 9.13 Å². The molecule has 0 bridgehead atoms. The molecule has 0 spiro atoms. The van der Waals surface area contributed by atoms with Gasteiger partial charge in [-0.25, -0.2) is 5.43 Å². The SMILES string of the molecule is COc1cc(/C=N\NC(=O)c2cccc(I)c2)ccc1OS(=O)(=O)c1ccc(C)cc1. The third kappa shape index (κ3) is 6.05. The molecule has 0 aliphatic carbocycles. The Morgan fingerprint density at radius 2 is 1.77 bits per heavy atom. The molecule has 0 aliphatic rings. The molecule has 7 nitrogen and oxygen atoms in total. The van der Waals surface area contributed by atoms with Gasteiger partial charge in [0.25, 0.3) is 5.91 Å². The van der Waals surface area contributed by atoms with Crippen LogP contribution in [-0.2, 0) is 10.1 Å². The molecule has 9 heteroatoms. The second-order valence-electron chi connectivity index (χ2n) is 6.47. The van der Waals surface area contributed by atoms with Gasteiger partial charge in [0.2, 0.25) is 0 Å². The van der Waals surface area contributed by atoms with Crippen LogP contribution in [0.25, 0.3) is 0 Å². The average molecular weight is 550 g/mol. The maximum Gasteiger partial charge on any atom is 0.339 e. The molecule has 3 rings (SSSR count). The second kappa shape index (κ2) is 9.92. The lowest BCUT2D eigenvalue weighted by molar-refractivity contribution is 0.0955. The smallest absolute Gasteiger partial charge is 0.339 e. The number of carbonyl (C=O) groups is 1. The van der Waals surface area contributed by atoms with Crippen molar-refractivity contribution in [1.82, 2.24) is 5.43 Å². The first-order valence-electron chi connectivity index (χ1n) is 9.06. The number of methoxy groups -OCH3 is 1.